The van der Waals surface area contributed by atoms with Crippen molar-refractivity contribution >= 4 is 23.4 Å². The van der Waals surface area contributed by atoms with Gasteiger partial charge < -0.3 is 5.32 Å². The minimum Gasteiger partial charge on any atom is -0.374 e. The monoisotopic (exact) mass is 348 g/mol. The van der Waals surface area contributed by atoms with Gasteiger partial charge in [-0.05, 0) is 23.8 Å². The minimum absolute atomic E-state index is 0.130. The molecule has 0 atom stereocenters. The van der Waals surface area contributed by atoms with Gasteiger partial charge in [-0.15, -0.1) is 11.8 Å². The molecule has 0 amide bonds. The standard InChI is InChI=1S/C17H21ClN4S/c1-2-3-4-5-6-9-23-17(15(10-19)11-20)22-13-14-7-8-16(18)21-12-14/h7-8,12,22H,2-6,9,13H2,1H3. The van der Waals surface area contributed by atoms with Crippen molar-refractivity contribution in [3.8, 4) is 12.1 Å². The van der Waals surface area contributed by atoms with Gasteiger partial charge in [0.25, 0.3) is 0 Å². The smallest absolute Gasteiger partial charge is 0.159 e. The van der Waals surface area contributed by atoms with Gasteiger partial charge in [-0.3, -0.25) is 0 Å². The molecule has 122 valence electrons. The average molecular weight is 349 g/mol. The summed E-state index contributed by atoms with van der Waals surface area (Å²) in [4.78, 5) is 4.02. The lowest BCUT2D eigenvalue weighted by molar-refractivity contribution is 0.659. The van der Waals surface area contributed by atoms with Crippen molar-refractivity contribution in [2.24, 2.45) is 0 Å². The molecular weight excluding hydrogens is 328 g/mol. The van der Waals surface area contributed by atoms with E-state index in [1.807, 2.05) is 18.2 Å². The predicted octanol–water partition coefficient (Wildman–Crippen LogP) is 4.79. The third-order valence-electron chi connectivity index (χ3n) is 3.19. The highest BCUT2D eigenvalue weighted by atomic mass is 35.5. The summed E-state index contributed by atoms with van der Waals surface area (Å²) < 4.78 is 0. The molecule has 0 saturated heterocycles. The Kier molecular flexibility index (Phi) is 9.95. The first-order chi connectivity index (χ1) is 11.2. The van der Waals surface area contributed by atoms with Crippen molar-refractivity contribution < 1.29 is 0 Å². The second kappa shape index (κ2) is 11.8. The van der Waals surface area contributed by atoms with Crippen LogP contribution in [0.15, 0.2) is 28.9 Å². The number of rotatable bonds is 10. The van der Waals surface area contributed by atoms with Crippen molar-refractivity contribution in [2.45, 2.75) is 45.6 Å². The van der Waals surface area contributed by atoms with E-state index in [0.717, 1.165) is 17.7 Å². The maximum absolute atomic E-state index is 9.09. The summed E-state index contributed by atoms with van der Waals surface area (Å²) in [5.41, 5.74) is 1.08. The number of halogens is 1. The van der Waals surface area contributed by atoms with E-state index in [-0.39, 0.29) is 5.57 Å². The Labute approximate surface area is 147 Å². The maximum atomic E-state index is 9.09. The van der Waals surface area contributed by atoms with Crippen LogP contribution in [0.5, 0.6) is 0 Å². The van der Waals surface area contributed by atoms with Gasteiger partial charge in [-0.1, -0.05) is 50.3 Å². The van der Waals surface area contributed by atoms with Gasteiger partial charge in [0.2, 0.25) is 0 Å². The topological polar surface area (TPSA) is 72.5 Å². The van der Waals surface area contributed by atoms with Crippen LogP contribution < -0.4 is 5.32 Å². The van der Waals surface area contributed by atoms with Gasteiger partial charge in [0, 0.05) is 12.7 Å². The molecule has 4 nitrogen and oxygen atoms in total. The van der Waals surface area contributed by atoms with Gasteiger partial charge in [-0.2, -0.15) is 10.5 Å². The molecule has 0 aliphatic rings. The first-order valence-corrected chi connectivity index (χ1v) is 9.09. The van der Waals surface area contributed by atoms with Gasteiger partial charge in [-0.25, -0.2) is 4.98 Å². The third kappa shape index (κ3) is 7.93. The van der Waals surface area contributed by atoms with Crippen LogP contribution in [0.1, 0.15) is 44.6 Å². The Morgan fingerprint density at radius 2 is 1.96 bits per heavy atom. The number of hydrogen-bond acceptors (Lipinski definition) is 5. The molecule has 0 bridgehead atoms. The van der Waals surface area contributed by atoms with E-state index in [4.69, 9.17) is 22.1 Å². The summed E-state index contributed by atoms with van der Waals surface area (Å²) in [6.45, 7) is 2.70. The molecule has 23 heavy (non-hydrogen) atoms. The fraction of sp³-hybridized carbons (Fsp3) is 0.471. The molecule has 6 heteroatoms. The summed E-state index contributed by atoms with van der Waals surface area (Å²) in [5, 5.41) is 22.4. The Hall–Kier alpha value is -1.69. The Morgan fingerprint density at radius 1 is 1.22 bits per heavy atom. The second-order valence-corrected chi connectivity index (χ2v) is 6.53. The van der Waals surface area contributed by atoms with E-state index < -0.39 is 0 Å². The van der Waals surface area contributed by atoms with Gasteiger partial charge in [0.15, 0.2) is 5.57 Å². The second-order valence-electron chi connectivity index (χ2n) is 5.03. The number of nitrogens with zero attached hydrogens (tertiary/aromatic N) is 3. The lowest BCUT2D eigenvalue weighted by atomic mass is 10.2. The molecule has 0 radical (unpaired) electrons. The maximum Gasteiger partial charge on any atom is 0.159 e. The van der Waals surface area contributed by atoms with Crippen LogP contribution in [0.4, 0.5) is 0 Å². The molecule has 0 unspecified atom stereocenters. The highest BCUT2D eigenvalue weighted by Gasteiger charge is 2.07. The molecule has 0 aliphatic carbocycles. The van der Waals surface area contributed by atoms with E-state index >= 15 is 0 Å². The largest absolute Gasteiger partial charge is 0.374 e. The number of allylic oxidation sites excluding steroid dienone is 1. The quantitative estimate of drug-likeness (QED) is 0.374. The first-order valence-electron chi connectivity index (χ1n) is 7.72. The van der Waals surface area contributed by atoms with Crippen molar-refractivity contribution in [1.82, 2.24) is 10.3 Å². The molecule has 0 saturated carbocycles. The van der Waals surface area contributed by atoms with Gasteiger partial charge >= 0.3 is 0 Å². The number of pyridine rings is 1. The Balaban J connectivity index is 2.54. The molecule has 1 rings (SSSR count). The zero-order valence-corrected chi connectivity index (χ0v) is 14.9. The third-order valence-corrected chi connectivity index (χ3v) is 4.54. The van der Waals surface area contributed by atoms with Crippen LogP contribution in [0.2, 0.25) is 5.15 Å². The molecule has 1 aromatic heterocycles. The van der Waals surface area contributed by atoms with Crippen molar-refractivity contribution in [1.29, 1.82) is 10.5 Å². The molecule has 1 N–H and O–H groups in total. The van der Waals surface area contributed by atoms with Crippen LogP contribution in [0.3, 0.4) is 0 Å². The van der Waals surface area contributed by atoms with Crippen LogP contribution in [-0.2, 0) is 6.54 Å². The van der Waals surface area contributed by atoms with E-state index in [1.165, 1.54) is 37.4 Å². The molecule has 0 fully saturated rings. The summed E-state index contributed by atoms with van der Waals surface area (Å²) >= 11 is 7.30. The van der Waals surface area contributed by atoms with Gasteiger partial charge in [0.1, 0.15) is 17.3 Å². The normalized spacial score (nSPS) is 9.74. The van der Waals surface area contributed by atoms with E-state index in [9.17, 15) is 0 Å². The molecule has 0 spiro atoms. The highest BCUT2D eigenvalue weighted by molar-refractivity contribution is 8.03. The number of nitrogens with one attached hydrogen (secondary N) is 1. The lowest BCUT2D eigenvalue weighted by Gasteiger charge is -2.11. The average Bonchev–Trinajstić information content (AvgIpc) is 2.57. The van der Waals surface area contributed by atoms with Crippen molar-refractivity contribution in [2.75, 3.05) is 5.75 Å². The SMILES string of the molecule is CCCCCCCSC(NCc1ccc(Cl)nc1)=C(C#N)C#N. The molecule has 0 aliphatic heterocycles. The Morgan fingerprint density at radius 3 is 2.57 bits per heavy atom. The van der Waals surface area contributed by atoms with E-state index in [2.05, 4.69) is 17.2 Å². The van der Waals surface area contributed by atoms with E-state index in [1.54, 1.807) is 12.3 Å². The number of aromatic nitrogens is 1. The lowest BCUT2D eigenvalue weighted by Crippen LogP contribution is -2.13. The predicted molar refractivity (Wildman–Crippen MR) is 95.6 cm³/mol. The van der Waals surface area contributed by atoms with Gasteiger partial charge in [0.05, 0.1) is 5.03 Å². The summed E-state index contributed by atoms with van der Waals surface area (Å²) in [7, 11) is 0. The van der Waals surface area contributed by atoms with Crippen molar-refractivity contribution in [3.63, 3.8) is 0 Å². The summed E-state index contributed by atoms with van der Waals surface area (Å²) in [6, 6.07) is 7.50. The minimum atomic E-state index is 0.130. The highest BCUT2D eigenvalue weighted by Crippen LogP contribution is 2.20. The summed E-state index contributed by atoms with van der Waals surface area (Å²) in [6.07, 6.45) is 7.68. The fourth-order valence-electron chi connectivity index (χ4n) is 1.91. The number of unbranched alkanes of at least 4 members (excludes halogenated alkanes) is 4. The van der Waals surface area contributed by atoms with Crippen LogP contribution in [0.25, 0.3) is 0 Å². The number of nitriles is 2. The van der Waals surface area contributed by atoms with Crippen LogP contribution in [0, 0.1) is 22.7 Å². The summed E-state index contributed by atoms with van der Waals surface area (Å²) in [5.74, 6) is 0.901. The van der Waals surface area contributed by atoms with E-state index in [0.29, 0.717) is 16.7 Å². The zero-order valence-electron chi connectivity index (χ0n) is 13.3. The van der Waals surface area contributed by atoms with Crippen molar-refractivity contribution in [3.05, 3.63) is 39.6 Å². The zero-order chi connectivity index (χ0) is 16.9. The first kappa shape index (κ1) is 19.4. The fourth-order valence-corrected chi connectivity index (χ4v) is 2.99. The molecule has 1 heterocycles. The Bertz CT molecular complexity index is 568. The van der Waals surface area contributed by atoms with Crippen LogP contribution in [-0.4, -0.2) is 10.7 Å². The van der Waals surface area contributed by atoms with Crippen LogP contribution >= 0.6 is 23.4 Å². The molecular formula is C17H21ClN4S. The number of hydrogen-bond donors (Lipinski definition) is 1. The molecule has 1 aromatic rings. The molecule has 0 aromatic carbocycles. The number of thioether (sulfide) groups is 1.